The highest BCUT2D eigenvalue weighted by Gasteiger charge is 2.20. The molecule has 1 atom stereocenters. The van der Waals surface area contributed by atoms with E-state index in [0.717, 1.165) is 0 Å². The molecule has 0 aliphatic rings. The van der Waals surface area contributed by atoms with Gasteiger partial charge < -0.3 is 5.32 Å². The van der Waals surface area contributed by atoms with Crippen molar-refractivity contribution >= 4 is 26.6 Å². The zero-order valence-electron chi connectivity index (χ0n) is 17.4. The molecule has 0 aliphatic carbocycles. The Morgan fingerprint density at radius 3 is 2.59 bits per heavy atom. The summed E-state index contributed by atoms with van der Waals surface area (Å²) in [5, 5.41) is 7.70. The molecule has 3 heterocycles. The van der Waals surface area contributed by atoms with Crippen LogP contribution in [0.2, 0.25) is 0 Å². The van der Waals surface area contributed by atoms with Crippen molar-refractivity contribution in [2.75, 3.05) is 5.75 Å². The second-order valence-corrected chi connectivity index (χ2v) is 9.38. The summed E-state index contributed by atoms with van der Waals surface area (Å²) in [6.45, 7) is 3.27. The van der Waals surface area contributed by atoms with E-state index < -0.39 is 21.8 Å². The first kappa shape index (κ1) is 21.6. The van der Waals surface area contributed by atoms with Crippen molar-refractivity contribution in [3.8, 4) is 5.69 Å². The number of sulfone groups is 1. The molecule has 0 saturated heterocycles. The van der Waals surface area contributed by atoms with Crippen LogP contribution >= 0.6 is 0 Å². The molecule has 0 bridgehead atoms. The minimum Gasteiger partial charge on any atom is -0.344 e. The van der Waals surface area contributed by atoms with Crippen LogP contribution in [-0.4, -0.2) is 39.8 Å². The topological polar surface area (TPSA) is 107 Å². The molecule has 0 radical (unpaired) electrons. The van der Waals surface area contributed by atoms with Crippen molar-refractivity contribution < 1.29 is 17.6 Å². The molecule has 0 fully saturated rings. The zero-order chi connectivity index (χ0) is 22.9. The average molecular weight is 453 g/mol. The van der Waals surface area contributed by atoms with Crippen molar-refractivity contribution in [3.05, 3.63) is 78.1 Å². The number of amides is 1. The first-order valence-corrected chi connectivity index (χ1v) is 11.5. The SMILES string of the molecule is CCS(=O)(=O)c1cccc([C@H](C)NC(=O)c2cncc3c2cnn3-c2ccc(F)cc2)n1. The smallest absolute Gasteiger partial charge is 0.254 e. The van der Waals surface area contributed by atoms with Gasteiger partial charge in [-0.2, -0.15) is 5.10 Å². The molecule has 1 aromatic carbocycles. The predicted octanol–water partition coefficient (Wildman–Crippen LogP) is 3.24. The third-order valence-corrected chi connectivity index (χ3v) is 6.67. The van der Waals surface area contributed by atoms with E-state index in [9.17, 15) is 17.6 Å². The Bertz CT molecular complexity index is 1400. The van der Waals surface area contributed by atoms with Gasteiger partial charge in [0.2, 0.25) is 0 Å². The normalized spacial score (nSPS) is 12.6. The second kappa shape index (κ2) is 8.46. The Hall–Kier alpha value is -3.66. The number of nitrogens with one attached hydrogen (secondary N) is 1. The van der Waals surface area contributed by atoms with Gasteiger partial charge in [-0.25, -0.2) is 22.5 Å². The molecule has 10 heteroatoms. The molecule has 8 nitrogen and oxygen atoms in total. The lowest BCUT2D eigenvalue weighted by molar-refractivity contribution is 0.0940. The summed E-state index contributed by atoms with van der Waals surface area (Å²) in [7, 11) is -3.46. The van der Waals surface area contributed by atoms with Crippen molar-refractivity contribution in [1.82, 2.24) is 25.1 Å². The molecule has 0 aliphatic heterocycles. The van der Waals surface area contributed by atoms with E-state index in [1.54, 1.807) is 55.2 Å². The number of aromatic nitrogens is 4. The van der Waals surface area contributed by atoms with Crippen molar-refractivity contribution in [2.24, 2.45) is 0 Å². The predicted molar refractivity (Wildman–Crippen MR) is 117 cm³/mol. The number of hydrogen-bond donors (Lipinski definition) is 1. The van der Waals surface area contributed by atoms with E-state index in [4.69, 9.17) is 0 Å². The van der Waals surface area contributed by atoms with Crippen LogP contribution in [-0.2, 0) is 9.84 Å². The molecule has 4 rings (SSSR count). The van der Waals surface area contributed by atoms with Crippen molar-refractivity contribution in [3.63, 3.8) is 0 Å². The van der Waals surface area contributed by atoms with Crippen LogP contribution in [0, 0.1) is 5.82 Å². The number of carbonyl (C=O) groups excluding carboxylic acids is 1. The largest absolute Gasteiger partial charge is 0.344 e. The van der Waals surface area contributed by atoms with Crippen LogP contribution in [0.5, 0.6) is 0 Å². The first-order chi connectivity index (χ1) is 15.3. The average Bonchev–Trinajstić information content (AvgIpc) is 3.24. The van der Waals surface area contributed by atoms with Gasteiger partial charge in [-0.1, -0.05) is 13.0 Å². The third-order valence-electron chi connectivity index (χ3n) is 5.05. The molecule has 164 valence electrons. The van der Waals surface area contributed by atoms with E-state index in [2.05, 4.69) is 20.4 Å². The highest BCUT2D eigenvalue weighted by molar-refractivity contribution is 7.91. The van der Waals surface area contributed by atoms with Gasteiger partial charge in [-0.3, -0.25) is 9.78 Å². The van der Waals surface area contributed by atoms with E-state index in [-0.39, 0.29) is 16.6 Å². The van der Waals surface area contributed by atoms with E-state index >= 15 is 0 Å². The third kappa shape index (κ3) is 4.09. The van der Waals surface area contributed by atoms with Crippen LogP contribution in [0.25, 0.3) is 16.6 Å². The standard InChI is InChI=1S/C22H20FN5O3S/c1-3-32(30,31)21-6-4-5-19(27-21)14(2)26-22(29)18-11-24-13-20-17(18)12-25-28(20)16-9-7-15(23)8-10-16/h4-14H,3H2,1-2H3,(H,26,29)/t14-/m0/s1. The molecular weight excluding hydrogens is 433 g/mol. The number of rotatable bonds is 6. The van der Waals surface area contributed by atoms with E-state index in [1.165, 1.54) is 24.4 Å². The molecule has 1 N–H and O–H groups in total. The van der Waals surface area contributed by atoms with Gasteiger partial charge in [0.1, 0.15) is 5.82 Å². The summed E-state index contributed by atoms with van der Waals surface area (Å²) < 4.78 is 39.1. The van der Waals surface area contributed by atoms with Gasteiger partial charge in [0, 0.05) is 11.6 Å². The fourth-order valence-electron chi connectivity index (χ4n) is 3.25. The number of fused-ring (bicyclic) bond motifs is 1. The molecule has 1 amide bonds. The monoisotopic (exact) mass is 453 g/mol. The van der Waals surface area contributed by atoms with Gasteiger partial charge in [0.05, 0.1) is 46.6 Å². The van der Waals surface area contributed by atoms with E-state index in [1.807, 2.05) is 0 Å². The Labute approximate surface area is 184 Å². The number of hydrogen-bond acceptors (Lipinski definition) is 6. The second-order valence-electron chi connectivity index (χ2n) is 7.15. The Balaban J connectivity index is 1.62. The maximum atomic E-state index is 13.3. The quantitative estimate of drug-likeness (QED) is 0.480. The van der Waals surface area contributed by atoms with Crippen LogP contribution in [0.15, 0.2) is 66.1 Å². The van der Waals surface area contributed by atoms with Crippen molar-refractivity contribution in [2.45, 2.75) is 24.9 Å². The maximum absolute atomic E-state index is 13.3. The lowest BCUT2D eigenvalue weighted by atomic mass is 10.1. The minimum absolute atomic E-state index is 0.0251. The molecule has 0 spiro atoms. The minimum atomic E-state index is -3.46. The number of halogens is 1. The Morgan fingerprint density at radius 2 is 1.88 bits per heavy atom. The zero-order valence-corrected chi connectivity index (χ0v) is 18.2. The van der Waals surface area contributed by atoms with Gasteiger partial charge in [-0.05, 0) is 43.3 Å². The fraction of sp³-hybridized carbons (Fsp3) is 0.182. The summed E-state index contributed by atoms with van der Waals surface area (Å²) >= 11 is 0. The number of carbonyl (C=O) groups is 1. The van der Waals surface area contributed by atoms with Crippen LogP contribution < -0.4 is 5.32 Å². The molecule has 3 aromatic heterocycles. The molecule has 0 unspecified atom stereocenters. The van der Waals surface area contributed by atoms with E-state index in [0.29, 0.717) is 27.8 Å². The summed E-state index contributed by atoms with van der Waals surface area (Å²) in [4.78, 5) is 21.4. The maximum Gasteiger partial charge on any atom is 0.254 e. The Kier molecular flexibility index (Phi) is 5.70. The van der Waals surface area contributed by atoms with Crippen LogP contribution in [0.3, 0.4) is 0 Å². The summed E-state index contributed by atoms with van der Waals surface area (Å²) in [6.07, 6.45) is 4.56. The van der Waals surface area contributed by atoms with Gasteiger partial charge in [0.15, 0.2) is 14.9 Å². The lowest BCUT2D eigenvalue weighted by Gasteiger charge is -2.14. The Morgan fingerprint density at radius 1 is 1.12 bits per heavy atom. The number of benzene rings is 1. The first-order valence-electron chi connectivity index (χ1n) is 9.88. The highest BCUT2D eigenvalue weighted by Crippen LogP contribution is 2.22. The molecule has 32 heavy (non-hydrogen) atoms. The van der Waals surface area contributed by atoms with Gasteiger partial charge in [0.25, 0.3) is 5.91 Å². The number of nitrogens with zero attached hydrogens (tertiary/aromatic N) is 4. The highest BCUT2D eigenvalue weighted by atomic mass is 32.2. The van der Waals surface area contributed by atoms with Crippen LogP contribution in [0.4, 0.5) is 4.39 Å². The fourth-order valence-corrected chi connectivity index (χ4v) is 4.08. The molecule has 4 aromatic rings. The van der Waals surface area contributed by atoms with Crippen LogP contribution in [0.1, 0.15) is 35.9 Å². The number of pyridine rings is 2. The summed E-state index contributed by atoms with van der Waals surface area (Å²) in [5.74, 6) is -0.822. The van der Waals surface area contributed by atoms with Crippen molar-refractivity contribution in [1.29, 1.82) is 0 Å². The molecule has 0 saturated carbocycles. The van der Waals surface area contributed by atoms with Gasteiger partial charge >= 0.3 is 0 Å². The summed E-state index contributed by atoms with van der Waals surface area (Å²) in [6, 6.07) is 9.97. The lowest BCUT2D eigenvalue weighted by Crippen LogP contribution is -2.27. The summed E-state index contributed by atoms with van der Waals surface area (Å²) in [5.41, 5.74) is 1.95. The van der Waals surface area contributed by atoms with Gasteiger partial charge in [-0.15, -0.1) is 0 Å². The molecular formula is C22H20FN5O3S.